The Kier molecular flexibility index (Phi) is 1.21. The number of nitrogens with zero attached hydrogens (tertiary/aromatic N) is 3. The summed E-state index contributed by atoms with van der Waals surface area (Å²) in [6, 6.07) is 0. The first-order chi connectivity index (χ1) is 4.97. The van der Waals surface area contributed by atoms with Crippen molar-refractivity contribution in [1.29, 1.82) is 0 Å². The second kappa shape index (κ2) is 2.18. The summed E-state index contributed by atoms with van der Waals surface area (Å²) in [5.41, 5.74) is 0. The summed E-state index contributed by atoms with van der Waals surface area (Å²) < 4.78 is 4.54. The summed E-state index contributed by atoms with van der Waals surface area (Å²) >= 11 is 1.48. The molecule has 0 aliphatic carbocycles. The van der Waals surface area contributed by atoms with E-state index in [1.807, 2.05) is 5.38 Å². The lowest BCUT2D eigenvalue weighted by Gasteiger charge is -1.78. The van der Waals surface area contributed by atoms with Gasteiger partial charge >= 0.3 is 0 Å². The van der Waals surface area contributed by atoms with Crippen molar-refractivity contribution in [3.05, 3.63) is 18.0 Å². The van der Waals surface area contributed by atoms with Gasteiger partial charge in [-0.25, -0.2) is 4.98 Å². The van der Waals surface area contributed by atoms with E-state index in [0.717, 1.165) is 5.01 Å². The molecule has 5 heteroatoms. The predicted octanol–water partition coefficient (Wildman–Crippen LogP) is 1.19. The molecule has 0 aliphatic heterocycles. The molecule has 0 fully saturated rings. The van der Waals surface area contributed by atoms with Gasteiger partial charge in [-0.1, -0.05) is 5.16 Å². The van der Waals surface area contributed by atoms with E-state index in [1.165, 1.54) is 17.7 Å². The minimum absolute atomic E-state index is 0.551. The maximum atomic E-state index is 4.54. The molecule has 0 saturated heterocycles. The van der Waals surface area contributed by atoms with Crippen LogP contribution in [0.5, 0.6) is 0 Å². The largest absolute Gasteiger partial charge is 0.342 e. The van der Waals surface area contributed by atoms with Crippen LogP contribution in [0.1, 0.15) is 0 Å². The van der Waals surface area contributed by atoms with Crippen molar-refractivity contribution >= 4 is 11.3 Å². The Labute approximate surface area is 60.5 Å². The summed E-state index contributed by atoms with van der Waals surface area (Å²) in [7, 11) is 0. The smallest absolute Gasteiger partial charge is 0.231 e. The number of hydrogen-bond acceptors (Lipinski definition) is 5. The second-order valence-corrected chi connectivity index (χ2v) is 2.49. The van der Waals surface area contributed by atoms with Gasteiger partial charge in [0.2, 0.25) is 12.2 Å². The molecule has 0 spiro atoms. The third kappa shape index (κ3) is 0.801. The van der Waals surface area contributed by atoms with Crippen LogP contribution in [0.2, 0.25) is 0 Å². The molecule has 0 atom stereocenters. The Bertz CT molecular complexity index is 256. The summed E-state index contributed by atoms with van der Waals surface area (Å²) in [6.07, 6.45) is 2.99. The standard InChI is InChI=1S/C5H3N3OS/c1-2-10-5(6-1)4-7-3-9-8-4/h1-3H. The summed E-state index contributed by atoms with van der Waals surface area (Å²) in [6.45, 7) is 0. The number of hydrogen-bond donors (Lipinski definition) is 0. The Morgan fingerprint density at radius 3 is 3.00 bits per heavy atom. The minimum Gasteiger partial charge on any atom is -0.342 e. The Morgan fingerprint density at radius 1 is 1.40 bits per heavy atom. The Morgan fingerprint density at radius 2 is 2.40 bits per heavy atom. The molecular formula is C5H3N3OS. The molecular weight excluding hydrogens is 150 g/mol. The fourth-order valence-corrected chi connectivity index (χ4v) is 1.17. The van der Waals surface area contributed by atoms with Crippen molar-refractivity contribution in [1.82, 2.24) is 15.1 Å². The van der Waals surface area contributed by atoms with Gasteiger partial charge in [-0.2, -0.15) is 4.98 Å². The summed E-state index contributed by atoms with van der Waals surface area (Å²) in [5, 5.41) is 6.27. The molecule has 2 heterocycles. The second-order valence-electron chi connectivity index (χ2n) is 1.59. The van der Waals surface area contributed by atoms with Gasteiger partial charge in [0.1, 0.15) is 0 Å². The zero-order valence-electron chi connectivity index (χ0n) is 4.89. The molecule has 0 unspecified atom stereocenters. The van der Waals surface area contributed by atoms with Crippen molar-refractivity contribution < 1.29 is 4.52 Å². The first kappa shape index (κ1) is 5.55. The molecule has 10 heavy (non-hydrogen) atoms. The van der Waals surface area contributed by atoms with Gasteiger partial charge in [-0.3, -0.25) is 0 Å². The monoisotopic (exact) mass is 153 g/mol. The molecule has 0 saturated carbocycles. The fourth-order valence-electron chi connectivity index (χ4n) is 0.599. The molecule has 2 aromatic heterocycles. The Balaban J connectivity index is 2.48. The zero-order chi connectivity index (χ0) is 6.81. The van der Waals surface area contributed by atoms with Crippen LogP contribution in [-0.4, -0.2) is 15.1 Å². The van der Waals surface area contributed by atoms with Crippen molar-refractivity contribution in [2.45, 2.75) is 0 Å². The molecule has 0 aromatic carbocycles. The highest BCUT2D eigenvalue weighted by molar-refractivity contribution is 7.12. The lowest BCUT2D eigenvalue weighted by Crippen LogP contribution is -1.75. The highest BCUT2D eigenvalue weighted by atomic mass is 32.1. The number of aromatic nitrogens is 3. The lowest BCUT2D eigenvalue weighted by molar-refractivity contribution is 0.418. The van der Waals surface area contributed by atoms with Crippen LogP contribution >= 0.6 is 11.3 Å². The van der Waals surface area contributed by atoms with Gasteiger partial charge in [-0.15, -0.1) is 11.3 Å². The van der Waals surface area contributed by atoms with Crippen LogP contribution < -0.4 is 0 Å². The van der Waals surface area contributed by atoms with Crippen molar-refractivity contribution in [2.24, 2.45) is 0 Å². The van der Waals surface area contributed by atoms with Crippen LogP contribution in [0.15, 0.2) is 22.5 Å². The maximum Gasteiger partial charge on any atom is 0.231 e. The molecule has 0 bridgehead atoms. The van der Waals surface area contributed by atoms with Crippen molar-refractivity contribution in [3.63, 3.8) is 0 Å². The van der Waals surface area contributed by atoms with Gasteiger partial charge in [0.25, 0.3) is 0 Å². The van der Waals surface area contributed by atoms with E-state index in [9.17, 15) is 0 Å². The predicted molar refractivity (Wildman–Crippen MR) is 35.4 cm³/mol. The van der Waals surface area contributed by atoms with Gasteiger partial charge in [0, 0.05) is 11.6 Å². The van der Waals surface area contributed by atoms with Gasteiger partial charge < -0.3 is 4.52 Å². The third-order valence-electron chi connectivity index (χ3n) is 0.985. The fraction of sp³-hybridized carbons (Fsp3) is 0. The average molecular weight is 153 g/mol. The SMILES string of the molecule is c1csc(-c2ncon2)n1. The van der Waals surface area contributed by atoms with E-state index in [2.05, 4.69) is 19.6 Å². The highest BCUT2D eigenvalue weighted by Gasteiger charge is 2.03. The van der Waals surface area contributed by atoms with Crippen molar-refractivity contribution in [2.75, 3.05) is 0 Å². The summed E-state index contributed by atoms with van der Waals surface area (Å²) in [4.78, 5) is 7.82. The molecule has 0 aliphatic rings. The van der Waals surface area contributed by atoms with Gasteiger partial charge in [0.15, 0.2) is 5.01 Å². The van der Waals surface area contributed by atoms with E-state index >= 15 is 0 Å². The van der Waals surface area contributed by atoms with E-state index in [-0.39, 0.29) is 0 Å². The topological polar surface area (TPSA) is 51.8 Å². The number of thiazole rings is 1. The molecule has 0 radical (unpaired) electrons. The normalized spacial score (nSPS) is 10.0. The molecule has 2 aromatic rings. The van der Waals surface area contributed by atoms with Crippen molar-refractivity contribution in [3.8, 4) is 10.8 Å². The maximum absolute atomic E-state index is 4.54. The van der Waals surface area contributed by atoms with Crippen LogP contribution in [0.3, 0.4) is 0 Å². The van der Waals surface area contributed by atoms with Crippen LogP contribution in [-0.2, 0) is 0 Å². The molecule has 50 valence electrons. The van der Waals surface area contributed by atoms with Crippen LogP contribution in [0.25, 0.3) is 10.8 Å². The molecule has 4 nitrogen and oxygen atoms in total. The zero-order valence-corrected chi connectivity index (χ0v) is 5.71. The number of rotatable bonds is 1. The van der Waals surface area contributed by atoms with E-state index in [4.69, 9.17) is 0 Å². The molecule has 2 rings (SSSR count). The minimum atomic E-state index is 0.551. The van der Waals surface area contributed by atoms with E-state index < -0.39 is 0 Å². The van der Waals surface area contributed by atoms with Crippen LogP contribution in [0.4, 0.5) is 0 Å². The third-order valence-corrected chi connectivity index (χ3v) is 1.75. The summed E-state index contributed by atoms with van der Waals surface area (Å²) in [5.74, 6) is 0.551. The first-order valence-electron chi connectivity index (χ1n) is 2.63. The van der Waals surface area contributed by atoms with Gasteiger partial charge in [0.05, 0.1) is 0 Å². The van der Waals surface area contributed by atoms with E-state index in [1.54, 1.807) is 6.20 Å². The molecule has 0 N–H and O–H groups in total. The average Bonchev–Trinajstić information content (AvgIpc) is 2.59. The highest BCUT2D eigenvalue weighted by Crippen LogP contribution is 2.15. The quantitative estimate of drug-likeness (QED) is 0.617. The lowest BCUT2D eigenvalue weighted by atomic mass is 10.7. The van der Waals surface area contributed by atoms with Crippen LogP contribution in [0, 0.1) is 0 Å². The van der Waals surface area contributed by atoms with E-state index in [0.29, 0.717) is 5.82 Å². The Hall–Kier alpha value is -1.23. The molecule has 0 amide bonds. The first-order valence-corrected chi connectivity index (χ1v) is 3.51. The van der Waals surface area contributed by atoms with Gasteiger partial charge in [-0.05, 0) is 0 Å².